The van der Waals surface area contributed by atoms with E-state index in [4.69, 9.17) is 16.3 Å². The largest absolute Gasteiger partial charge is 0.465 e. The molecule has 3 rings (SSSR count). The highest BCUT2D eigenvalue weighted by molar-refractivity contribution is 7.98. The number of carbonyl (C=O) groups excluding carboxylic acids is 1. The van der Waals surface area contributed by atoms with Crippen LogP contribution in [-0.2, 0) is 10.5 Å². The topological polar surface area (TPSA) is 52.1 Å². The maximum Gasteiger partial charge on any atom is 0.348 e. The van der Waals surface area contributed by atoms with E-state index < -0.39 is 0 Å². The van der Waals surface area contributed by atoms with Crippen LogP contribution in [0.4, 0.5) is 0 Å². The van der Waals surface area contributed by atoms with Gasteiger partial charge in [-0.2, -0.15) is 0 Å². The molecule has 4 nitrogen and oxygen atoms in total. The molecule has 8 heteroatoms. The van der Waals surface area contributed by atoms with Gasteiger partial charge in [0.15, 0.2) is 0 Å². The van der Waals surface area contributed by atoms with Crippen LogP contribution in [0.1, 0.15) is 14.7 Å². The van der Waals surface area contributed by atoms with Crippen molar-refractivity contribution in [1.82, 2.24) is 9.97 Å². The molecule has 0 aliphatic heterocycles. The van der Waals surface area contributed by atoms with Crippen molar-refractivity contribution in [3.63, 3.8) is 0 Å². The lowest BCUT2D eigenvalue weighted by Gasteiger charge is -1.98. The number of thioether (sulfide) groups is 1. The fraction of sp³-hybridized carbons (Fsp3) is 0.133. The Labute approximate surface area is 150 Å². The SMILES string of the molecule is COC(=O)c1cc(SCc2nc(-c3cnccc3Cl)cs2)cs1. The molecule has 0 saturated carbocycles. The zero-order chi connectivity index (χ0) is 16.2. The van der Waals surface area contributed by atoms with Gasteiger partial charge in [-0.25, -0.2) is 9.78 Å². The predicted octanol–water partition coefficient (Wildman–Crippen LogP) is 5.00. The normalized spacial score (nSPS) is 10.7. The minimum absolute atomic E-state index is 0.301. The molecule has 0 saturated heterocycles. The summed E-state index contributed by atoms with van der Waals surface area (Å²) in [4.78, 5) is 21.8. The number of nitrogens with zero attached hydrogens (tertiary/aromatic N) is 2. The van der Waals surface area contributed by atoms with E-state index in [1.54, 1.807) is 41.6 Å². The van der Waals surface area contributed by atoms with Gasteiger partial charge in [0.25, 0.3) is 0 Å². The van der Waals surface area contributed by atoms with Gasteiger partial charge in [-0.15, -0.1) is 34.4 Å². The first-order valence-electron chi connectivity index (χ1n) is 6.51. The van der Waals surface area contributed by atoms with Crippen molar-refractivity contribution < 1.29 is 9.53 Å². The standard InChI is InChI=1S/C15H11ClN2O2S3/c1-20-15(19)13-4-9(6-22-13)21-8-14-18-12(7-23-14)10-5-17-3-2-11(10)16/h2-7H,8H2,1H3. The minimum atomic E-state index is -0.301. The third-order valence-corrected chi connectivity index (χ3v) is 6.33. The Bertz CT molecular complexity index is 832. The van der Waals surface area contributed by atoms with Gasteiger partial charge in [0.05, 0.1) is 23.6 Å². The molecule has 3 heterocycles. The molecule has 3 aromatic rings. The van der Waals surface area contributed by atoms with Gasteiger partial charge in [0.1, 0.15) is 9.88 Å². The summed E-state index contributed by atoms with van der Waals surface area (Å²) < 4.78 is 4.71. The minimum Gasteiger partial charge on any atom is -0.465 e. The van der Waals surface area contributed by atoms with Gasteiger partial charge in [0, 0.05) is 33.6 Å². The van der Waals surface area contributed by atoms with Gasteiger partial charge in [0.2, 0.25) is 0 Å². The molecule has 3 aromatic heterocycles. The lowest BCUT2D eigenvalue weighted by atomic mass is 10.2. The van der Waals surface area contributed by atoms with E-state index in [2.05, 4.69) is 9.97 Å². The molecule has 0 radical (unpaired) electrons. The smallest absolute Gasteiger partial charge is 0.348 e. The highest BCUT2D eigenvalue weighted by Gasteiger charge is 2.11. The van der Waals surface area contributed by atoms with Gasteiger partial charge in [-0.05, 0) is 12.1 Å². The molecule has 0 aliphatic carbocycles. The van der Waals surface area contributed by atoms with E-state index >= 15 is 0 Å². The second kappa shape index (κ2) is 7.44. The maximum absolute atomic E-state index is 11.4. The van der Waals surface area contributed by atoms with Crippen molar-refractivity contribution in [2.45, 2.75) is 10.6 Å². The van der Waals surface area contributed by atoms with E-state index in [1.807, 2.05) is 16.8 Å². The highest BCUT2D eigenvalue weighted by atomic mass is 35.5. The van der Waals surface area contributed by atoms with Crippen molar-refractivity contribution in [3.8, 4) is 11.3 Å². The van der Waals surface area contributed by atoms with Gasteiger partial charge >= 0.3 is 5.97 Å². The molecule has 0 aromatic carbocycles. The van der Waals surface area contributed by atoms with Gasteiger partial charge in [-0.1, -0.05) is 11.6 Å². The fourth-order valence-corrected chi connectivity index (χ4v) is 4.78. The summed E-state index contributed by atoms with van der Waals surface area (Å²) in [6, 6.07) is 3.60. The van der Waals surface area contributed by atoms with Gasteiger partial charge in [-0.3, -0.25) is 4.98 Å². The molecule has 0 fully saturated rings. The first kappa shape index (κ1) is 16.4. The van der Waals surface area contributed by atoms with Gasteiger partial charge < -0.3 is 4.74 Å². The van der Waals surface area contributed by atoms with E-state index in [0.717, 1.165) is 26.9 Å². The quantitative estimate of drug-likeness (QED) is 0.459. The molecular weight excluding hydrogens is 372 g/mol. The number of thiazole rings is 1. The summed E-state index contributed by atoms with van der Waals surface area (Å²) in [7, 11) is 1.38. The molecule has 23 heavy (non-hydrogen) atoms. The number of methoxy groups -OCH3 is 1. The summed E-state index contributed by atoms with van der Waals surface area (Å²) in [6.45, 7) is 0. The Balaban J connectivity index is 1.67. The van der Waals surface area contributed by atoms with E-state index in [9.17, 15) is 4.79 Å². The van der Waals surface area contributed by atoms with Crippen LogP contribution in [0.15, 0.2) is 40.2 Å². The van der Waals surface area contributed by atoms with Crippen molar-refractivity contribution in [2.75, 3.05) is 7.11 Å². The molecule has 0 amide bonds. The Morgan fingerprint density at radius 3 is 3.04 bits per heavy atom. The van der Waals surface area contributed by atoms with Crippen LogP contribution >= 0.6 is 46.0 Å². The molecule has 0 unspecified atom stereocenters. The van der Waals surface area contributed by atoms with Crippen molar-refractivity contribution in [2.24, 2.45) is 0 Å². The number of aromatic nitrogens is 2. The number of halogens is 1. The fourth-order valence-electron chi connectivity index (χ4n) is 1.81. The van der Waals surface area contributed by atoms with Crippen LogP contribution in [0.25, 0.3) is 11.3 Å². The molecule has 0 N–H and O–H groups in total. The Morgan fingerprint density at radius 2 is 2.26 bits per heavy atom. The predicted molar refractivity (Wildman–Crippen MR) is 95.6 cm³/mol. The van der Waals surface area contributed by atoms with E-state index in [-0.39, 0.29) is 5.97 Å². The third-order valence-electron chi connectivity index (χ3n) is 2.92. The molecule has 0 aliphatic rings. The average Bonchev–Trinajstić information content (AvgIpc) is 3.22. The summed E-state index contributed by atoms with van der Waals surface area (Å²) in [5.74, 6) is 0.435. The van der Waals surface area contributed by atoms with Crippen LogP contribution in [0.5, 0.6) is 0 Å². The highest BCUT2D eigenvalue weighted by Crippen LogP contribution is 2.32. The maximum atomic E-state index is 11.4. The number of esters is 1. The average molecular weight is 383 g/mol. The number of rotatable bonds is 5. The number of ether oxygens (including phenoxy) is 1. The van der Waals surface area contributed by atoms with Crippen molar-refractivity contribution in [3.05, 3.63) is 50.2 Å². The van der Waals surface area contributed by atoms with Crippen LogP contribution in [-0.4, -0.2) is 23.0 Å². The van der Waals surface area contributed by atoms with Crippen LogP contribution in [0, 0.1) is 0 Å². The zero-order valence-electron chi connectivity index (χ0n) is 12.0. The summed E-state index contributed by atoms with van der Waals surface area (Å²) in [6.07, 6.45) is 3.38. The number of hydrogen-bond donors (Lipinski definition) is 0. The summed E-state index contributed by atoms with van der Waals surface area (Å²) in [5, 5.41) is 5.57. The molecule has 0 atom stereocenters. The van der Waals surface area contributed by atoms with E-state index in [1.165, 1.54) is 18.4 Å². The van der Waals surface area contributed by atoms with Crippen molar-refractivity contribution in [1.29, 1.82) is 0 Å². The van der Waals surface area contributed by atoms with Crippen LogP contribution in [0.2, 0.25) is 5.02 Å². The lowest BCUT2D eigenvalue weighted by Crippen LogP contribution is -1.96. The van der Waals surface area contributed by atoms with Crippen LogP contribution in [0.3, 0.4) is 0 Å². The molecule has 0 spiro atoms. The monoisotopic (exact) mass is 382 g/mol. The zero-order valence-corrected chi connectivity index (χ0v) is 15.2. The number of pyridine rings is 1. The Morgan fingerprint density at radius 1 is 1.39 bits per heavy atom. The number of thiophene rings is 1. The Kier molecular flexibility index (Phi) is 5.32. The summed E-state index contributed by atoms with van der Waals surface area (Å²) >= 11 is 10.8. The number of carbonyl (C=O) groups is 1. The molecular formula is C15H11ClN2O2S3. The first-order chi connectivity index (χ1) is 11.2. The summed E-state index contributed by atoms with van der Waals surface area (Å²) in [5.41, 5.74) is 1.68. The second-order valence-electron chi connectivity index (χ2n) is 4.41. The van der Waals surface area contributed by atoms with Crippen LogP contribution < -0.4 is 0 Å². The molecule has 0 bridgehead atoms. The Hall–Kier alpha value is -1.41. The number of hydrogen-bond acceptors (Lipinski definition) is 7. The lowest BCUT2D eigenvalue weighted by molar-refractivity contribution is 0.0606. The second-order valence-corrected chi connectivity index (χ2v) is 7.72. The van der Waals surface area contributed by atoms with E-state index in [0.29, 0.717) is 9.90 Å². The first-order valence-corrected chi connectivity index (χ1v) is 9.63. The third kappa shape index (κ3) is 3.92. The molecule has 118 valence electrons. The van der Waals surface area contributed by atoms with Crippen molar-refractivity contribution >= 4 is 52.0 Å².